The fraction of sp³-hybridized carbons (Fsp3) is 0.939. The highest BCUT2D eigenvalue weighted by atomic mass is 16.7. The normalized spacial score (nSPS) is 24.0. The second kappa shape index (κ2) is 44.5. The van der Waals surface area contributed by atoms with E-state index in [9.17, 15) is 0 Å². The lowest BCUT2D eigenvalue weighted by Gasteiger charge is -2.56. The Morgan fingerprint density at radius 1 is 0.228 bits per heavy atom. The highest BCUT2D eigenvalue weighted by Crippen LogP contribution is 2.50. The molecule has 6 fully saturated rings. The van der Waals surface area contributed by atoms with E-state index in [1.807, 2.05) is 0 Å². The summed E-state index contributed by atoms with van der Waals surface area (Å²) in [6, 6.07) is 0.986. The number of piperidine rings is 6. The number of anilines is 6. The van der Waals surface area contributed by atoms with Crippen LogP contribution in [0.25, 0.3) is 0 Å². The molecule has 0 N–H and O–H groups in total. The van der Waals surface area contributed by atoms with E-state index in [2.05, 4.69) is 288 Å². The number of hydrogen-bond acceptors (Lipinski definition) is 24. The molecule has 0 amide bonds. The summed E-state index contributed by atoms with van der Waals surface area (Å²) in [5.41, 5.74) is -3.01. The van der Waals surface area contributed by atoms with Crippen molar-refractivity contribution < 1.29 is 29.0 Å². The maximum absolute atomic E-state index is 6.87. The Bertz CT molecular complexity index is 3290. The Balaban J connectivity index is 1.29. The number of aromatic nitrogens is 6. The molecule has 8 heterocycles. The molecule has 24 heteroatoms. The van der Waals surface area contributed by atoms with E-state index in [4.69, 9.17) is 58.9 Å². The van der Waals surface area contributed by atoms with Crippen LogP contribution >= 0.6 is 0 Å². The van der Waals surface area contributed by atoms with Crippen LogP contribution in [0.2, 0.25) is 0 Å². The van der Waals surface area contributed by atoms with Crippen LogP contribution in [-0.4, -0.2) is 242 Å². The highest BCUT2D eigenvalue weighted by Gasteiger charge is 2.56. The fourth-order valence-corrected chi connectivity index (χ4v) is 23.7. The van der Waals surface area contributed by atoms with E-state index in [0.717, 1.165) is 268 Å². The quantitative estimate of drug-likeness (QED) is 0.0572. The standard InChI is InChI=1S/C99H190N18O6/c1-34-44-52-106(77-64-76(11)112(118-58-38-5)89(12,13)65-77)83-100-84(107(53-45-35-2)78-66-90(14,15)113(119-59-39-6)91(16,17)67-78)103-87(101-83)110(81-72-96(26,27)116(122-62-42-9)97(28,29)73-81)56-50-48-49-51-57-111(82-74-98(30,31)117(123-63-43-10)99(32,33)75-82)88-104-85(108(54-46-36-3)79-68-92(18,19)114(120-60-40-7)93(20,21)69-79)102-86(105-88)109(55-47-37-4)80-70-94(22,23)115(121-61-41-8)95(24,25)71-80/h76-82H,34-75H2,1-33H3. The van der Waals surface area contributed by atoms with Crippen LogP contribution in [0.5, 0.6) is 0 Å². The van der Waals surface area contributed by atoms with E-state index in [1.54, 1.807) is 0 Å². The summed E-state index contributed by atoms with van der Waals surface area (Å²) >= 11 is 0. The van der Waals surface area contributed by atoms with Crippen LogP contribution in [0.4, 0.5) is 35.7 Å². The molecule has 0 aromatic carbocycles. The third-order valence-corrected chi connectivity index (χ3v) is 27.7. The Morgan fingerprint density at radius 3 is 0.577 bits per heavy atom. The molecule has 123 heavy (non-hydrogen) atoms. The number of hydrogen-bond donors (Lipinski definition) is 0. The first-order valence-electron chi connectivity index (χ1n) is 50.4. The summed E-state index contributed by atoms with van der Waals surface area (Å²) in [6.45, 7) is 86.7. The van der Waals surface area contributed by atoms with Crippen LogP contribution in [0.15, 0.2) is 0 Å². The molecule has 0 bridgehead atoms. The molecular weight excluding hydrogens is 1540 g/mol. The molecule has 6 aliphatic heterocycles. The first kappa shape index (κ1) is 105. The van der Waals surface area contributed by atoms with Gasteiger partial charge in [-0.15, -0.1) is 0 Å². The molecule has 0 radical (unpaired) electrons. The minimum absolute atomic E-state index is 0.0899. The lowest BCUT2D eigenvalue weighted by atomic mass is 9.78. The molecule has 0 saturated carbocycles. The molecule has 6 aliphatic rings. The molecule has 2 aromatic rings. The van der Waals surface area contributed by atoms with Gasteiger partial charge in [0.25, 0.3) is 0 Å². The van der Waals surface area contributed by atoms with Crippen molar-refractivity contribution in [3.8, 4) is 0 Å². The van der Waals surface area contributed by atoms with Gasteiger partial charge in [0.15, 0.2) is 0 Å². The summed E-state index contributed by atoms with van der Waals surface area (Å²) in [5, 5.41) is 14.0. The van der Waals surface area contributed by atoms with Gasteiger partial charge in [0.1, 0.15) is 0 Å². The van der Waals surface area contributed by atoms with Crippen LogP contribution < -0.4 is 29.4 Å². The second-order valence-electron chi connectivity index (χ2n) is 45.4. The molecule has 8 rings (SSSR count). The molecule has 0 spiro atoms. The topological polar surface area (TPSA) is 172 Å². The van der Waals surface area contributed by atoms with Crippen molar-refractivity contribution in [1.82, 2.24) is 60.3 Å². The molecule has 6 saturated heterocycles. The predicted octanol–water partition coefficient (Wildman–Crippen LogP) is 22.1. The van der Waals surface area contributed by atoms with E-state index in [1.165, 1.54) is 0 Å². The minimum atomic E-state index is -0.307. The van der Waals surface area contributed by atoms with Crippen molar-refractivity contribution in [2.45, 2.75) is 524 Å². The van der Waals surface area contributed by atoms with Gasteiger partial charge >= 0.3 is 0 Å². The minimum Gasteiger partial charge on any atom is -0.338 e. The highest BCUT2D eigenvalue weighted by molar-refractivity contribution is 5.51. The zero-order chi connectivity index (χ0) is 91.1. The van der Waals surface area contributed by atoms with Crippen molar-refractivity contribution in [3.05, 3.63) is 0 Å². The first-order valence-corrected chi connectivity index (χ1v) is 50.4. The van der Waals surface area contributed by atoms with Gasteiger partial charge < -0.3 is 29.4 Å². The van der Waals surface area contributed by atoms with Gasteiger partial charge in [-0.25, -0.2) is 0 Å². The summed E-state index contributed by atoms with van der Waals surface area (Å²) in [5.74, 6) is 4.81. The predicted molar refractivity (Wildman–Crippen MR) is 513 cm³/mol. The van der Waals surface area contributed by atoms with Crippen LogP contribution in [0.1, 0.15) is 421 Å². The van der Waals surface area contributed by atoms with Gasteiger partial charge in [-0.2, -0.15) is 60.3 Å². The van der Waals surface area contributed by atoms with Crippen molar-refractivity contribution in [1.29, 1.82) is 0 Å². The average molecular weight is 1730 g/mol. The zero-order valence-electron chi connectivity index (χ0n) is 85.7. The molecule has 712 valence electrons. The van der Waals surface area contributed by atoms with E-state index >= 15 is 0 Å². The van der Waals surface area contributed by atoms with Crippen LogP contribution in [0, 0.1) is 0 Å². The van der Waals surface area contributed by atoms with Gasteiger partial charge in [0, 0.05) is 142 Å². The Labute approximate surface area is 753 Å². The summed E-state index contributed by atoms with van der Waals surface area (Å²) in [7, 11) is 0. The van der Waals surface area contributed by atoms with Gasteiger partial charge in [-0.05, 0) is 313 Å². The second-order valence-corrected chi connectivity index (χ2v) is 45.4. The number of rotatable bonds is 49. The first-order chi connectivity index (χ1) is 57.7. The fourth-order valence-electron chi connectivity index (χ4n) is 23.7. The van der Waals surface area contributed by atoms with Gasteiger partial charge in [0.2, 0.25) is 35.7 Å². The van der Waals surface area contributed by atoms with Crippen molar-refractivity contribution >= 4 is 35.7 Å². The van der Waals surface area contributed by atoms with Gasteiger partial charge in [-0.3, -0.25) is 29.0 Å². The zero-order valence-corrected chi connectivity index (χ0v) is 85.7. The summed E-state index contributed by atoms with van der Waals surface area (Å²) in [4.78, 5) is 92.7. The number of unbranched alkanes of at least 4 members (excludes halogenated alkanes) is 7. The largest absolute Gasteiger partial charge is 0.338 e. The van der Waals surface area contributed by atoms with Crippen molar-refractivity contribution in [2.24, 2.45) is 0 Å². The van der Waals surface area contributed by atoms with Crippen LogP contribution in [0.3, 0.4) is 0 Å². The summed E-state index contributed by atoms with van der Waals surface area (Å²) in [6.07, 6.45) is 28.8. The number of hydroxylamine groups is 12. The Hall–Kier alpha value is -3.66. The number of nitrogens with zero attached hydrogens (tertiary/aromatic N) is 18. The van der Waals surface area contributed by atoms with Crippen molar-refractivity contribution in [2.75, 3.05) is 108 Å². The van der Waals surface area contributed by atoms with Crippen LogP contribution in [-0.2, 0) is 29.0 Å². The lowest BCUT2D eigenvalue weighted by Crippen LogP contribution is -2.65. The van der Waals surface area contributed by atoms with E-state index < -0.39 is 0 Å². The third-order valence-electron chi connectivity index (χ3n) is 27.7. The molecular formula is C99H190N18O6. The maximum Gasteiger partial charge on any atom is 0.232 e. The Kier molecular flexibility index (Phi) is 37.9. The van der Waals surface area contributed by atoms with Gasteiger partial charge in [-0.1, -0.05) is 108 Å². The van der Waals surface area contributed by atoms with Gasteiger partial charge in [0.05, 0.1) is 39.6 Å². The molecule has 2 unspecified atom stereocenters. The Morgan fingerprint density at radius 2 is 0.398 bits per heavy atom. The molecule has 24 nitrogen and oxygen atoms in total. The summed E-state index contributed by atoms with van der Waals surface area (Å²) < 4.78 is 0. The average Bonchev–Trinajstić information content (AvgIpc) is 0.750. The SMILES string of the molecule is CCCCN(c1nc(N(CCCC)C2CC(C)(C)N(OCCC)C(C)(C)C2)nc(N(CCCCCCN(c2nc(N(CCCC)C3CC(C)(C)N(OCCC)C(C)(C)C3)nc(N(CCCC)C3CC(C)(C)N(OCCC)C(C)(C)C3)n2)C2CC(C)(C)N(OCCC)C(C)(C)C2)C2CC(C)(C)N(OCCC)C(C)(C)C2)n1)C1CC(C)N(OCCC)C(C)(C)C1. The van der Waals surface area contributed by atoms with E-state index in [-0.39, 0.29) is 103 Å². The monoisotopic (exact) mass is 1730 g/mol. The smallest absolute Gasteiger partial charge is 0.232 e. The molecule has 0 aliphatic carbocycles. The molecule has 2 aromatic heterocycles. The molecule has 2 atom stereocenters. The lowest BCUT2D eigenvalue weighted by molar-refractivity contribution is -0.282. The van der Waals surface area contributed by atoms with E-state index in [0.29, 0.717) is 39.6 Å². The van der Waals surface area contributed by atoms with Crippen molar-refractivity contribution in [3.63, 3.8) is 0 Å². The third kappa shape index (κ3) is 26.4. The maximum atomic E-state index is 6.87.